The first-order valence-corrected chi connectivity index (χ1v) is 6.14. The van der Waals surface area contributed by atoms with Crippen molar-refractivity contribution in [3.63, 3.8) is 0 Å². The Kier molecular flexibility index (Phi) is 3.76. The van der Waals surface area contributed by atoms with Crippen molar-refractivity contribution in [1.29, 1.82) is 0 Å². The number of alkyl halides is 2. The highest BCUT2D eigenvalue weighted by Gasteiger charge is 2.39. The smallest absolute Gasteiger partial charge is 0.208 e. The maximum atomic E-state index is 10.3. The van der Waals surface area contributed by atoms with Crippen LogP contribution in [0.3, 0.4) is 0 Å². The molecule has 0 aliphatic carbocycles. The standard InChI is InChI=1S/CCl4O2S2/c2-1(3,8-4)9(5,6)7. The highest BCUT2D eigenvalue weighted by molar-refractivity contribution is 8.36. The monoisotopic (exact) mass is 248 g/mol. The highest BCUT2D eigenvalue weighted by atomic mass is 35.7. The van der Waals surface area contributed by atoms with Gasteiger partial charge < -0.3 is 0 Å². The van der Waals surface area contributed by atoms with E-state index in [0.29, 0.717) is 0 Å². The summed E-state index contributed by atoms with van der Waals surface area (Å²) in [5.74, 6) is 0. The van der Waals surface area contributed by atoms with Gasteiger partial charge in [0.2, 0.25) is 0 Å². The topological polar surface area (TPSA) is 34.1 Å². The molecule has 0 saturated heterocycles. The van der Waals surface area contributed by atoms with Gasteiger partial charge in [-0.25, -0.2) is 8.42 Å². The molecule has 9 heavy (non-hydrogen) atoms. The molecule has 0 atom stereocenters. The molecule has 0 rings (SSSR count). The van der Waals surface area contributed by atoms with Crippen LogP contribution in [0.1, 0.15) is 0 Å². The Morgan fingerprint density at radius 2 is 1.67 bits per heavy atom. The minimum Gasteiger partial charge on any atom is -0.208 e. The van der Waals surface area contributed by atoms with Crippen molar-refractivity contribution in [3.05, 3.63) is 0 Å². The summed E-state index contributed by atoms with van der Waals surface area (Å²) in [6.45, 7) is 0. The van der Waals surface area contributed by atoms with Gasteiger partial charge in [-0.3, -0.25) is 0 Å². The van der Waals surface area contributed by atoms with Crippen LogP contribution in [-0.4, -0.2) is 11.4 Å². The molecule has 0 aromatic carbocycles. The lowest BCUT2D eigenvalue weighted by Gasteiger charge is -2.08. The molecule has 0 aliphatic heterocycles. The van der Waals surface area contributed by atoms with Crippen LogP contribution in [0.2, 0.25) is 0 Å². The number of hydrogen-bond acceptors (Lipinski definition) is 3. The van der Waals surface area contributed by atoms with E-state index in [-0.39, 0.29) is 11.0 Å². The van der Waals surface area contributed by atoms with Crippen LogP contribution in [0.5, 0.6) is 0 Å². The third-order valence-electron chi connectivity index (χ3n) is 0.374. The van der Waals surface area contributed by atoms with Crippen LogP contribution in [0.4, 0.5) is 0 Å². The Hall–Kier alpha value is 1.46. The summed E-state index contributed by atoms with van der Waals surface area (Å²) >= 11 is 10.1. The molecule has 0 unspecified atom stereocenters. The van der Waals surface area contributed by atoms with Gasteiger partial charge in [0.15, 0.2) is 0 Å². The molecule has 0 N–H and O–H groups in total. The maximum absolute atomic E-state index is 10.3. The number of rotatable bonds is 2. The molecule has 2 nitrogen and oxygen atoms in total. The summed E-state index contributed by atoms with van der Waals surface area (Å²) < 4.78 is 18.4. The molecule has 56 valence electrons. The minimum absolute atomic E-state index is 0.217. The van der Waals surface area contributed by atoms with Gasteiger partial charge in [0.1, 0.15) is 0 Å². The van der Waals surface area contributed by atoms with E-state index in [1.165, 1.54) is 0 Å². The largest absolute Gasteiger partial charge is 0.293 e. The average molecular weight is 250 g/mol. The second-order valence-electron chi connectivity index (χ2n) is 0.978. The van der Waals surface area contributed by atoms with Gasteiger partial charge in [-0.1, -0.05) is 23.2 Å². The third kappa shape index (κ3) is 2.91. The zero-order chi connectivity index (χ0) is 7.71. The SMILES string of the molecule is O=S(=O)(Cl)C(Cl)(Cl)SCl. The van der Waals surface area contributed by atoms with Gasteiger partial charge in [-0.2, -0.15) is 0 Å². The lowest BCUT2D eigenvalue weighted by molar-refractivity contribution is 0.610. The summed E-state index contributed by atoms with van der Waals surface area (Å²) in [7, 11) is 5.89. The highest BCUT2D eigenvalue weighted by Crippen LogP contribution is 2.44. The quantitative estimate of drug-likeness (QED) is 0.557. The second-order valence-corrected chi connectivity index (χ2v) is 7.40. The Balaban J connectivity index is 4.56. The molecule has 0 radical (unpaired) electrons. The molecule has 0 aromatic rings. The molecule has 0 heterocycles. The summed E-state index contributed by atoms with van der Waals surface area (Å²) in [6.07, 6.45) is 0. The maximum Gasteiger partial charge on any atom is 0.293 e. The third-order valence-corrected chi connectivity index (χ3v) is 6.60. The minimum atomic E-state index is -4.02. The van der Waals surface area contributed by atoms with Gasteiger partial charge in [0.25, 0.3) is 12.0 Å². The fourth-order valence-corrected chi connectivity index (χ4v) is 1.66. The van der Waals surface area contributed by atoms with Crippen molar-refractivity contribution < 1.29 is 8.42 Å². The molecule has 0 bridgehead atoms. The van der Waals surface area contributed by atoms with Crippen LogP contribution in [0.15, 0.2) is 0 Å². The zero-order valence-corrected chi connectivity index (χ0v) is 8.30. The Morgan fingerprint density at radius 3 is 1.67 bits per heavy atom. The molecule has 0 aromatic heterocycles. The Morgan fingerprint density at radius 1 is 1.33 bits per heavy atom. The molecule has 8 heteroatoms. The van der Waals surface area contributed by atoms with Crippen molar-refractivity contribution in [1.82, 2.24) is 0 Å². The van der Waals surface area contributed by atoms with Gasteiger partial charge in [0, 0.05) is 21.7 Å². The molecule has 0 amide bonds. The fourth-order valence-electron chi connectivity index (χ4n) is 0.0376. The lowest BCUT2D eigenvalue weighted by atomic mass is 11.8. The summed E-state index contributed by atoms with van der Waals surface area (Å²) in [4.78, 5) is 0. The van der Waals surface area contributed by atoms with Crippen molar-refractivity contribution in [3.8, 4) is 0 Å². The average Bonchev–Trinajstić information content (AvgIpc) is 1.64. The van der Waals surface area contributed by atoms with Crippen LogP contribution in [0.25, 0.3) is 0 Å². The van der Waals surface area contributed by atoms with E-state index in [0.717, 1.165) is 0 Å². The molecular formula is CCl4O2S2. The van der Waals surface area contributed by atoms with Crippen molar-refractivity contribution >= 4 is 64.6 Å². The number of hydrogen-bond donors (Lipinski definition) is 0. The normalized spacial score (nSPS) is 13.8. The molecule has 0 fully saturated rings. The molecule has 0 saturated carbocycles. The van der Waals surface area contributed by atoms with Crippen molar-refractivity contribution in [2.45, 2.75) is 3.00 Å². The van der Waals surface area contributed by atoms with Gasteiger partial charge in [0.05, 0.1) is 0 Å². The summed E-state index contributed by atoms with van der Waals surface area (Å²) in [5.41, 5.74) is 0. The summed E-state index contributed by atoms with van der Waals surface area (Å²) in [5, 5.41) is 0. The van der Waals surface area contributed by atoms with E-state index in [1.54, 1.807) is 0 Å². The second kappa shape index (κ2) is 3.24. The van der Waals surface area contributed by atoms with E-state index in [2.05, 4.69) is 0 Å². The van der Waals surface area contributed by atoms with Gasteiger partial charge in [-0.15, -0.1) is 0 Å². The first-order valence-electron chi connectivity index (χ1n) is 1.43. The number of halogens is 4. The predicted molar refractivity (Wildman–Crippen MR) is 42.7 cm³/mol. The fraction of sp³-hybridized carbons (Fsp3) is 1.00. The van der Waals surface area contributed by atoms with E-state index < -0.39 is 12.0 Å². The summed E-state index contributed by atoms with van der Waals surface area (Å²) in [6, 6.07) is 0. The molecule has 0 spiro atoms. The molecular weight excluding hydrogens is 250 g/mol. The van der Waals surface area contributed by atoms with E-state index >= 15 is 0 Å². The van der Waals surface area contributed by atoms with E-state index in [1.807, 2.05) is 0 Å². The first-order chi connectivity index (χ1) is 3.81. The first kappa shape index (κ1) is 10.5. The van der Waals surface area contributed by atoms with Gasteiger partial charge in [-0.05, 0) is 10.7 Å². The predicted octanol–water partition coefficient (Wildman–Crippen LogP) is 2.53. The van der Waals surface area contributed by atoms with Crippen molar-refractivity contribution in [2.24, 2.45) is 0 Å². The zero-order valence-electron chi connectivity index (χ0n) is 3.64. The van der Waals surface area contributed by atoms with Crippen LogP contribution < -0.4 is 0 Å². The molecule has 0 aliphatic rings. The van der Waals surface area contributed by atoms with Gasteiger partial charge >= 0.3 is 0 Å². The van der Waals surface area contributed by atoms with E-state index in [4.69, 9.17) is 44.6 Å². The Labute approximate surface area is 75.7 Å². The van der Waals surface area contributed by atoms with Crippen LogP contribution in [-0.2, 0) is 9.05 Å². The van der Waals surface area contributed by atoms with Crippen molar-refractivity contribution in [2.75, 3.05) is 0 Å². The van der Waals surface area contributed by atoms with Crippen LogP contribution in [0, 0.1) is 0 Å². The Bertz CT molecular complexity index is 183. The van der Waals surface area contributed by atoms with E-state index in [9.17, 15) is 8.42 Å². The van der Waals surface area contributed by atoms with Crippen LogP contribution >= 0.6 is 55.5 Å². The lowest BCUT2D eigenvalue weighted by Crippen LogP contribution is -2.14.